The van der Waals surface area contributed by atoms with Crippen LogP contribution in [-0.4, -0.2) is 23.4 Å². The average molecular weight is 251 g/mol. The van der Waals surface area contributed by atoms with E-state index in [9.17, 15) is 4.79 Å². The molecule has 2 rings (SSSR count). The van der Waals surface area contributed by atoms with Gasteiger partial charge in [-0.1, -0.05) is 6.92 Å². The number of nitrogens with zero attached hydrogens (tertiary/aromatic N) is 1. The molecule has 0 bridgehead atoms. The second-order valence-electron chi connectivity index (χ2n) is 5.24. The number of hydrogen-bond acceptors (Lipinski definition) is 4. The Morgan fingerprint density at radius 1 is 1.56 bits per heavy atom. The Morgan fingerprint density at radius 2 is 2.33 bits per heavy atom. The molecule has 5 nitrogen and oxygen atoms in total. The quantitative estimate of drug-likeness (QED) is 0.485. The first kappa shape index (κ1) is 13.1. The number of piperidine rings is 1. The normalized spacial score (nSPS) is 25.1. The molecule has 2 unspecified atom stereocenters. The molecule has 2 heterocycles. The van der Waals surface area contributed by atoms with Gasteiger partial charge in [0.05, 0.1) is 12.1 Å². The van der Waals surface area contributed by atoms with Gasteiger partial charge in [-0.05, 0) is 31.7 Å². The van der Waals surface area contributed by atoms with Crippen molar-refractivity contribution in [1.82, 2.24) is 10.3 Å². The third kappa shape index (κ3) is 2.91. The molecule has 1 saturated heterocycles. The molecule has 0 aromatic carbocycles. The molecule has 0 spiro atoms. The summed E-state index contributed by atoms with van der Waals surface area (Å²) in [5.74, 6) is 6.31. The summed E-state index contributed by atoms with van der Waals surface area (Å²) in [6.45, 7) is 6.35. The van der Waals surface area contributed by atoms with E-state index in [0.717, 1.165) is 24.8 Å². The highest BCUT2D eigenvalue weighted by Crippen LogP contribution is 2.23. The van der Waals surface area contributed by atoms with Crippen LogP contribution in [0.3, 0.4) is 0 Å². The topological polar surface area (TPSA) is 71.5 Å². The zero-order valence-corrected chi connectivity index (χ0v) is 11.0. The maximum absolute atomic E-state index is 11.3. The second-order valence-corrected chi connectivity index (χ2v) is 5.24. The molecule has 1 aliphatic rings. The Balaban J connectivity index is 2.00. The maximum atomic E-state index is 11.3. The van der Waals surface area contributed by atoms with Gasteiger partial charge in [-0.15, -0.1) is 0 Å². The molecule has 100 valence electrons. The minimum absolute atomic E-state index is 0.315. The van der Waals surface area contributed by atoms with Gasteiger partial charge < -0.3 is 4.42 Å². The number of likely N-dealkylation sites (tertiary alicyclic amines) is 1. The van der Waals surface area contributed by atoms with Gasteiger partial charge in [-0.25, -0.2) is 5.84 Å². The van der Waals surface area contributed by atoms with Crippen molar-refractivity contribution in [2.45, 2.75) is 39.3 Å². The summed E-state index contributed by atoms with van der Waals surface area (Å²) in [5, 5.41) is 0. The first-order valence-corrected chi connectivity index (χ1v) is 6.42. The molecule has 0 aliphatic carbocycles. The summed E-state index contributed by atoms with van der Waals surface area (Å²) in [4.78, 5) is 13.7. The van der Waals surface area contributed by atoms with Crippen molar-refractivity contribution >= 4 is 5.91 Å². The number of rotatable bonds is 3. The van der Waals surface area contributed by atoms with Crippen LogP contribution in [0.2, 0.25) is 0 Å². The van der Waals surface area contributed by atoms with Gasteiger partial charge in [-0.2, -0.15) is 0 Å². The van der Waals surface area contributed by atoms with E-state index in [1.165, 1.54) is 19.1 Å². The minimum Gasteiger partial charge on any atom is -0.467 e. The molecule has 0 saturated carbocycles. The Morgan fingerprint density at radius 3 is 3.06 bits per heavy atom. The molecule has 0 radical (unpaired) electrons. The monoisotopic (exact) mass is 251 g/mol. The molecule has 18 heavy (non-hydrogen) atoms. The standard InChI is InChI=1S/C13H21N3O2/c1-9-3-4-10(2)16(6-9)7-12-5-11(8-18-12)13(17)15-14/h5,8-10H,3-4,6-7,14H2,1-2H3,(H,15,17). The summed E-state index contributed by atoms with van der Waals surface area (Å²) in [6.07, 6.45) is 3.96. The summed E-state index contributed by atoms with van der Waals surface area (Å²) >= 11 is 0. The van der Waals surface area contributed by atoms with Crippen LogP contribution in [0.15, 0.2) is 16.7 Å². The highest BCUT2D eigenvalue weighted by Gasteiger charge is 2.23. The number of amides is 1. The zero-order valence-electron chi connectivity index (χ0n) is 11.0. The van der Waals surface area contributed by atoms with Crippen LogP contribution in [0.5, 0.6) is 0 Å². The van der Waals surface area contributed by atoms with Crippen molar-refractivity contribution in [3.05, 3.63) is 23.7 Å². The van der Waals surface area contributed by atoms with E-state index in [1.54, 1.807) is 6.07 Å². The SMILES string of the molecule is CC1CCC(C)N(Cc2cc(C(=O)NN)co2)C1. The fourth-order valence-corrected chi connectivity index (χ4v) is 2.47. The van der Waals surface area contributed by atoms with Crippen molar-refractivity contribution in [2.24, 2.45) is 11.8 Å². The van der Waals surface area contributed by atoms with E-state index in [0.29, 0.717) is 11.6 Å². The Hall–Kier alpha value is -1.33. The number of hydrogen-bond donors (Lipinski definition) is 2. The molecule has 3 N–H and O–H groups in total. The number of nitrogens with two attached hydrogens (primary N) is 1. The summed E-state index contributed by atoms with van der Waals surface area (Å²) in [6, 6.07) is 2.33. The van der Waals surface area contributed by atoms with Gasteiger partial charge in [0.15, 0.2) is 0 Å². The van der Waals surface area contributed by atoms with Crippen LogP contribution in [0.25, 0.3) is 0 Å². The predicted molar refractivity (Wildman–Crippen MR) is 68.6 cm³/mol. The lowest BCUT2D eigenvalue weighted by atomic mass is 9.95. The maximum Gasteiger partial charge on any atom is 0.268 e. The first-order valence-electron chi connectivity index (χ1n) is 6.42. The van der Waals surface area contributed by atoms with Crippen LogP contribution in [0, 0.1) is 5.92 Å². The summed E-state index contributed by atoms with van der Waals surface area (Å²) < 4.78 is 5.42. The first-order chi connectivity index (χ1) is 8.60. The highest BCUT2D eigenvalue weighted by molar-refractivity contribution is 5.93. The third-order valence-electron chi connectivity index (χ3n) is 3.65. The number of nitrogens with one attached hydrogen (secondary N) is 1. The van der Waals surface area contributed by atoms with E-state index >= 15 is 0 Å². The minimum atomic E-state index is -0.315. The highest BCUT2D eigenvalue weighted by atomic mass is 16.3. The average Bonchev–Trinajstić information content (AvgIpc) is 2.81. The molecule has 1 aromatic rings. The third-order valence-corrected chi connectivity index (χ3v) is 3.65. The van der Waals surface area contributed by atoms with E-state index in [2.05, 4.69) is 24.2 Å². The second kappa shape index (κ2) is 5.54. The van der Waals surface area contributed by atoms with Crippen molar-refractivity contribution in [2.75, 3.05) is 6.54 Å². The zero-order chi connectivity index (χ0) is 13.1. The molecule has 5 heteroatoms. The van der Waals surface area contributed by atoms with Crippen molar-refractivity contribution < 1.29 is 9.21 Å². The van der Waals surface area contributed by atoms with Crippen LogP contribution >= 0.6 is 0 Å². The number of furan rings is 1. The Kier molecular flexibility index (Phi) is 4.04. The number of nitrogen functional groups attached to an aromatic ring is 1. The summed E-state index contributed by atoms with van der Waals surface area (Å²) in [7, 11) is 0. The molecule has 1 aromatic heterocycles. The number of carbonyl (C=O) groups is 1. The van der Waals surface area contributed by atoms with Crippen molar-refractivity contribution in [3.8, 4) is 0 Å². The fraction of sp³-hybridized carbons (Fsp3) is 0.615. The van der Waals surface area contributed by atoms with Gasteiger partial charge in [0.25, 0.3) is 5.91 Å². The largest absolute Gasteiger partial charge is 0.467 e. The van der Waals surface area contributed by atoms with Crippen molar-refractivity contribution in [3.63, 3.8) is 0 Å². The van der Waals surface area contributed by atoms with Gasteiger partial charge in [0.1, 0.15) is 12.0 Å². The van der Waals surface area contributed by atoms with Crippen molar-refractivity contribution in [1.29, 1.82) is 0 Å². The van der Waals surface area contributed by atoms with Crippen LogP contribution in [0.1, 0.15) is 42.8 Å². The lowest BCUT2D eigenvalue weighted by Gasteiger charge is -2.36. The van der Waals surface area contributed by atoms with E-state index in [-0.39, 0.29) is 5.91 Å². The number of carbonyl (C=O) groups excluding carboxylic acids is 1. The van der Waals surface area contributed by atoms with Crippen LogP contribution in [0.4, 0.5) is 0 Å². The summed E-state index contributed by atoms with van der Waals surface area (Å²) in [5.41, 5.74) is 2.58. The van der Waals surface area contributed by atoms with E-state index < -0.39 is 0 Å². The Bertz CT molecular complexity index is 416. The van der Waals surface area contributed by atoms with Gasteiger partial charge in [0.2, 0.25) is 0 Å². The van der Waals surface area contributed by atoms with Gasteiger partial charge >= 0.3 is 0 Å². The lowest BCUT2D eigenvalue weighted by molar-refractivity contribution is 0.0953. The fourth-order valence-electron chi connectivity index (χ4n) is 2.47. The Labute approximate surface area is 107 Å². The van der Waals surface area contributed by atoms with E-state index in [1.807, 2.05) is 0 Å². The molecular weight excluding hydrogens is 230 g/mol. The van der Waals surface area contributed by atoms with Gasteiger partial charge in [0, 0.05) is 12.6 Å². The molecule has 1 amide bonds. The lowest BCUT2D eigenvalue weighted by Crippen LogP contribution is -2.40. The molecule has 1 fully saturated rings. The smallest absolute Gasteiger partial charge is 0.268 e. The molecule has 2 atom stereocenters. The van der Waals surface area contributed by atoms with Crippen LogP contribution < -0.4 is 11.3 Å². The number of hydrazine groups is 1. The molecule has 1 aliphatic heterocycles. The molecular formula is C13H21N3O2. The van der Waals surface area contributed by atoms with Gasteiger partial charge in [-0.3, -0.25) is 15.1 Å². The van der Waals surface area contributed by atoms with Crippen LogP contribution in [-0.2, 0) is 6.54 Å². The predicted octanol–water partition coefficient (Wildman–Crippen LogP) is 1.50. The van der Waals surface area contributed by atoms with E-state index in [4.69, 9.17) is 10.3 Å².